The van der Waals surface area contributed by atoms with E-state index in [1.54, 1.807) is 30.3 Å². The lowest BCUT2D eigenvalue weighted by Gasteiger charge is -1.98. The number of hydrogen-bond acceptors (Lipinski definition) is 3. The van der Waals surface area contributed by atoms with Crippen molar-refractivity contribution in [2.24, 2.45) is 0 Å². The first-order valence-electron chi connectivity index (χ1n) is 7.75. The molecule has 0 amide bonds. The Morgan fingerprint density at radius 3 is 2.33 bits per heavy atom. The number of ketones is 2. The molecule has 1 aromatic heterocycles. The molecule has 24 heavy (non-hydrogen) atoms. The number of fused-ring (bicyclic) bond motifs is 3. The summed E-state index contributed by atoms with van der Waals surface area (Å²) in [5, 5.41) is 3.01. The number of carbonyl (C=O) groups is 2. The largest absolute Gasteiger partial charge is 0.453 e. The summed E-state index contributed by atoms with van der Waals surface area (Å²) in [4.78, 5) is 24.6. The van der Waals surface area contributed by atoms with Crippen LogP contribution in [0.3, 0.4) is 0 Å². The fourth-order valence-corrected chi connectivity index (χ4v) is 2.89. The van der Waals surface area contributed by atoms with Crippen molar-refractivity contribution in [2.75, 3.05) is 0 Å². The van der Waals surface area contributed by atoms with E-state index >= 15 is 0 Å². The second-order valence-electron chi connectivity index (χ2n) is 5.70. The number of hydrogen-bond donors (Lipinski definition) is 0. The minimum absolute atomic E-state index is 0.193. The SMILES string of the molecule is O=C(CC(=O)c1cc2c(ccc3ccccc32)o1)c1ccccc1. The van der Waals surface area contributed by atoms with Gasteiger partial charge in [-0.2, -0.15) is 0 Å². The normalized spacial score (nSPS) is 11.0. The highest BCUT2D eigenvalue weighted by molar-refractivity contribution is 6.15. The van der Waals surface area contributed by atoms with Crippen LogP contribution in [0.5, 0.6) is 0 Å². The predicted molar refractivity (Wildman–Crippen MR) is 93.4 cm³/mol. The molecule has 0 saturated heterocycles. The third kappa shape index (κ3) is 2.50. The molecule has 0 unspecified atom stereocenters. The van der Waals surface area contributed by atoms with E-state index in [2.05, 4.69) is 0 Å². The number of Topliss-reactive ketones (excluding diaryl/α,β-unsaturated/α-hetero) is 2. The van der Waals surface area contributed by atoms with E-state index in [-0.39, 0.29) is 23.7 Å². The zero-order chi connectivity index (χ0) is 16.5. The smallest absolute Gasteiger partial charge is 0.205 e. The van der Waals surface area contributed by atoms with Crippen LogP contribution in [0.2, 0.25) is 0 Å². The van der Waals surface area contributed by atoms with Crippen LogP contribution in [0, 0.1) is 0 Å². The Labute approximate surface area is 138 Å². The highest BCUT2D eigenvalue weighted by Gasteiger charge is 2.18. The molecule has 4 rings (SSSR count). The molecule has 3 heteroatoms. The first kappa shape index (κ1) is 14.4. The number of carbonyl (C=O) groups excluding carboxylic acids is 2. The average Bonchev–Trinajstić information content (AvgIpc) is 3.07. The van der Waals surface area contributed by atoms with Crippen LogP contribution < -0.4 is 0 Å². The van der Waals surface area contributed by atoms with Crippen molar-refractivity contribution in [2.45, 2.75) is 6.42 Å². The lowest BCUT2D eigenvalue weighted by molar-refractivity contribution is 0.0879. The topological polar surface area (TPSA) is 47.3 Å². The first-order chi connectivity index (χ1) is 11.7. The highest BCUT2D eigenvalue weighted by Crippen LogP contribution is 2.28. The Bertz CT molecular complexity index is 1060. The highest BCUT2D eigenvalue weighted by atomic mass is 16.3. The standard InChI is InChI=1S/C21H14O3/c22-18(15-7-2-1-3-8-15)13-19(23)21-12-17-16-9-5-4-6-14(16)10-11-20(17)24-21/h1-12H,13H2. The fourth-order valence-electron chi connectivity index (χ4n) is 2.89. The van der Waals surface area contributed by atoms with Crippen molar-refractivity contribution in [3.63, 3.8) is 0 Å². The summed E-state index contributed by atoms with van der Waals surface area (Å²) in [6.45, 7) is 0. The Kier molecular flexibility index (Phi) is 3.47. The Morgan fingerprint density at radius 1 is 0.750 bits per heavy atom. The van der Waals surface area contributed by atoms with Gasteiger partial charge in [0.05, 0.1) is 6.42 Å². The first-order valence-corrected chi connectivity index (χ1v) is 7.75. The van der Waals surface area contributed by atoms with Gasteiger partial charge in [0.25, 0.3) is 0 Å². The molecular formula is C21H14O3. The van der Waals surface area contributed by atoms with E-state index in [0.717, 1.165) is 16.2 Å². The molecule has 0 atom stereocenters. The Balaban J connectivity index is 1.68. The molecule has 0 aliphatic carbocycles. The predicted octanol–water partition coefficient (Wildman–Crippen LogP) is 5.04. The van der Waals surface area contributed by atoms with Gasteiger partial charge >= 0.3 is 0 Å². The lowest BCUT2D eigenvalue weighted by Crippen LogP contribution is -2.07. The van der Waals surface area contributed by atoms with Crippen LogP contribution in [0.4, 0.5) is 0 Å². The third-order valence-electron chi connectivity index (χ3n) is 4.12. The van der Waals surface area contributed by atoms with Gasteiger partial charge in [-0.25, -0.2) is 0 Å². The summed E-state index contributed by atoms with van der Waals surface area (Å²) in [5.74, 6) is -0.277. The van der Waals surface area contributed by atoms with Crippen LogP contribution in [-0.2, 0) is 0 Å². The molecule has 0 saturated carbocycles. The van der Waals surface area contributed by atoms with Gasteiger partial charge in [0.1, 0.15) is 5.58 Å². The fraction of sp³-hybridized carbons (Fsp3) is 0.0476. The van der Waals surface area contributed by atoms with Gasteiger partial charge in [-0.3, -0.25) is 9.59 Å². The van der Waals surface area contributed by atoms with Gasteiger partial charge in [0, 0.05) is 10.9 Å². The molecule has 116 valence electrons. The summed E-state index contributed by atoms with van der Waals surface area (Å²) in [5.41, 5.74) is 1.19. The third-order valence-corrected chi connectivity index (χ3v) is 4.12. The van der Waals surface area contributed by atoms with Crippen LogP contribution in [0.1, 0.15) is 27.3 Å². The minimum Gasteiger partial charge on any atom is -0.453 e. The molecule has 3 aromatic carbocycles. The molecule has 0 spiro atoms. The molecule has 0 N–H and O–H groups in total. The second-order valence-corrected chi connectivity index (χ2v) is 5.70. The van der Waals surface area contributed by atoms with Crippen LogP contribution in [0.15, 0.2) is 77.2 Å². The van der Waals surface area contributed by atoms with Crippen LogP contribution in [-0.4, -0.2) is 11.6 Å². The number of benzene rings is 3. The maximum atomic E-state index is 12.4. The molecule has 0 aliphatic rings. The quantitative estimate of drug-likeness (QED) is 0.391. The van der Waals surface area contributed by atoms with Crippen molar-refractivity contribution in [1.29, 1.82) is 0 Å². The van der Waals surface area contributed by atoms with Gasteiger partial charge in [0.15, 0.2) is 11.5 Å². The summed E-state index contributed by atoms with van der Waals surface area (Å²) in [6.07, 6.45) is -0.193. The van der Waals surface area contributed by atoms with E-state index in [1.165, 1.54) is 0 Å². The number of rotatable bonds is 4. The minimum atomic E-state index is -0.302. The van der Waals surface area contributed by atoms with E-state index in [1.807, 2.05) is 42.5 Å². The van der Waals surface area contributed by atoms with Gasteiger partial charge in [-0.05, 0) is 22.9 Å². The van der Waals surface area contributed by atoms with Gasteiger partial charge < -0.3 is 4.42 Å². The molecule has 0 fully saturated rings. The van der Waals surface area contributed by atoms with E-state index in [0.29, 0.717) is 11.1 Å². The van der Waals surface area contributed by atoms with E-state index in [4.69, 9.17) is 4.42 Å². The van der Waals surface area contributed by atoms with Crippen molar-refractivity contribution >= 4 is 33.3 Å². The van der Waals surface area contributed by atoms with Crippen molar-refractivity contribution in [1.82, 2.24) is 0 Å². The molecule has 0 radical (unpaired) electrons. The van der Waals surface area contributed by atoms with Crippen LogP contribution >= 0.6 is 0 Å². The molecule has 0 bridgehead atoms. The van der Waals surface area contributed by atoms with Crippen molar-refractivity contribution in [3.8, 4) is 0 Å². The summed E-state index contributed by atoms with van der Waals surface area (Å²) in [6, 6.07) is 22.3. The zero-order valence-corrected chi connectivity index (χ0v) is 12.9. The monoisotopic (exact) mass is 314 g/mol. The molecule has 4 aromatic rings. The Morgan fingerprint density at radius 2 is 1.50 bits per heavy atom. The maximum absolute atomic E-state index is 12.4. The van der Waals surface area contributed by atoms with E-state index in [9.17, 15) is 9.59 Å². The number of furan rings is 1. The van der Waals surface area contributed by atoms with Crippen molar-refractivity contribution in [3.05, 3.63) is 84.1 Å². The average molecular weight is 314 g/mol. The van der Waals surface area contributed by atoms with Gasteiger partial charge in [0.2, 0.25) is 5.78 Å². The van der Waals surface area contributed by atoms with Crippen LogP contribution in [0.25, 0.3) is 21.7 Å². The molecular weight excluding hydrogens is 300 g/mol. The second kappa shape index (κ2) is 5.78. The summed E-state index contributed by atoms with van der Waals surface area (Å²) < 4.78 is 5.67. The van der Waals surface area contributed by atoms with E-state index < -0.39 is 0 Å². The summed E-state index contributed by atoms with van der Waals surface area (Å²) in [7, 11) is 0. The lowest BCUT2D eigenvalue weighted by atomic mass is 10.0. The molecule has 1 heterocycles. The van der Waals surface area contributed by atoms with Gasteiger partial charge in [-0.1, -0.05) is 60.7 Å². The maximum Gasteiger partial charge on any atom is 0.205 e. The zero-order valence-electron chi connectivity index (χ0n) is 12.9. The molecule has 0 aliphatic heterocycles. The van der Waals surface area contributed by atoms with Gasteiger partial charge in [-0.15, -0.1) is 0 Å². The Hall–Kier alpha value is -3.20. The van der Waals surface area contributed by atoms with Crippen molar-refractivity contribution < 1.29 is 14.0 Å². The molecule has 3 nitrogen and oxygen atoms in total. The summed E-state index contributed by atoms with van der Waals surface area (Å²) >= 11 is 0.